The highest BCUT2D eigenvalue weighted by molar-refractivity contribution is 6.35. The third kappa shape index (κ3) is 1.98. The van der Waals surface area contributed by atoms with Crippen LogP contribution in [0.2, 0.25) is 5.02 Å². The van der Waals surface area contributed by atoms with Crippen LogP contribution in [0.1, 0.15) is 36.5 Å². The summed E-state index contributed by atoms with van der Waals surface area (Å²) in [4.78, 5) is 15.0. The van der Waals surface area contributed by atoms with Crippen LogP contribution in [0.3, 0.4) is 0 Å². The molecule has 1 aromatic carbocycles. The van der Waals surface area contributed by atoms with Crippen molar-refractivity contribution in [3.05, 3.63) is 35.0 Å². The van der Waals surface area contributed by atoms with E-state index in [1.807, 2.05) is 18.2 Å². The van der Waals surface area contributed by atoms with Crippen molar-refractivity contribution in [3.63, 3.8) is 0 Å². The molecule has 2 rings (SSSR count). The fourth-order valence-electron chi connectivity index (χ4n) is 1.82. The predicted molar refractivity (Wildman–Crippen MR) is 67.2 cm³/mol. The summed E-state index contributed by atoms with van der Waals surface area (Å²) in [6.45, 7) is 2.08. The van der Waals surface area contributed by atoms with Crippen molar-refractivity contribution in [3.8, 4) is 0 Å². The zero-order valence-corrected chi connectivity index (χ0v) is 9.97. The summed E-state index contributed by atoms with van der Waals surface area (Å²) in [6, 6.07) is 5.62. The quantitative estimate of drug-likeness (QED) is 0.792. The molecule has 0 aliphatic heterocycles. The number of aromatic nitrogens is 1. The molecule has 2 aromatic rings. The van der Waals surface area contributed by atoms with Crippen molar-refractivity contribution in [2.75, 3.05) is 0 Å². The monoisotopic (exact) mass is 235 g/mol. The van der Waals surface area contributed by atoms with Crippen molar-refractivity contribution in [2.45, 2.75) is 26.2 Å². The molecule has 3 heteroatoms. The van der Waals surface area contributed by atoms with Crippen LogP contribution in [0.4, 0.5) is 0 Å². The summed E-state index contributed by atoms with van der Waals surface area (Å²) >= 11 is 6.04. The lowest BCUT2D eigenvalue weighted by molar-refractivity contribution is 0.0981. The van der Waals surface area contributed by atoms with Gasteiger partial charge in [-0.2, -0.15) is 0 Å². The van der Waals surface area contributed by atoms with Gasteiger partial charge < -0.3 is 4.98 Å². The second-order valence-electron chi connectivity index (χ2n) is 3.89. The summed E-state index contributed by atoms with van der Waals surface area (Å²) in [5, 5.41) is 1.58. The van der Waals surface area contributed by atoms with Gasteiger partial charge in [0, 0.05) is 23.6 Å². The Hall–Kier alpha value is -1.28. The normalized spacial score (nSPS) is 10.9. The molecule has 0 aliphatic rings. The third-order valence-electron chi connectivity index (χ3n) is 2.72. The zero-order valence-electron chi connectivity index (χ0n) is 9.22. The first-order valence-corrected chi connectivity index (χ1v) is 5.90. The van der Waals surface area contributed by atoms with Gasteiger partial charge in [-0.25, -0.2) is 0 Å². The second-order valence-corrected chi connectivity index (χ2v) is 4.30. The summed E-state index contributed by atoms with van der Waals surface area (Å²) in [6.07, 6.45) is 4.34. The van der Waals surface area contributed by atoms with Gasteiger partial charge in [-0.3, -0.25) is 4.79 Å². The topological polar surface area (TPSA) is 32.9 Å². The summed E-state index contributed by atoms with van der Waals surface area (Å²) in [7, 11) is 0. The van der Waals surface area contributed by atoms with Gasteiger partial charge in [0.25, 0.3) is 0 Å². The van der Waals surface area contributed by atoms with Gasteiger partial charge in [0.1, 0.15) is 0 Å². The molecular formula is C13H14ClNO. The van der Waals surface area contributed by atoms with Crippen LogP contribution in [-0.4, -0.2) is 10.8 Å². The van der Waals surface area contributed by atoms with Crippen molar-refractivity contribution < 1.29 is 4.79 Å². The first-order valence-electron chi connectivity index (χ1n) is 5.53. The number of halogens is 1. The number of hydrogen-bond acceptors (Lipinski definition) is 1. The van der Waals surface area contributed by atoms with Crippen molar-refractivity contribution in [2.24, 2.45) is 0 Å². The lowest BCUT2D eigenvalue weighted by atomic mass is 10.1. The average Bonchev–Trinajstić information content (AvgIpc) is 2.71. The maximum absolute atomic E-state index is 11.9. The Balaban J connectivity index is 2.38. The molecule has 0 spiro atoms. The molecule has 0 fully saturated rings. The molecule has 0 saturated heterocycles. The number of fused-ring (bicyclic) bond motifs is 1. The summed E-state index contributed by atoms with van der Waals surface area (Å²) in [5.74, 6) is 0.190. The van der Waals surface area contributed by atoms with Crippen LogP contribution < -0.4 is 0 Å². The Labute approximate surface area is 99.6 Å². The molecule has 0 radical (unpaired) electrons. The van der Waals surface area contributed by atoms with Gasteiger partial charge in [-0.1, -0.05) is 37.1 Å². The van der Waals surface area contributed by atoms with E-state index in [9.17, 15) is 4.79 Å². The number of H-pyrrole nitrogens is 1. The summed E-state index contributed by atoms with van der Waals surface area (Å²) in [5.41, 5.74) is 1.61. The second kappa shape index (κ2) is 4.71. The highest BCUT2D eigenvalue weighted by Gasteiger charge is 2.12. The van der Waals surface area contributed by atoms with Crippen LogP contribution in [0.5, 0.6) is 0 Å². The van der Waals surface area contributed by atoms with Crippen molar-refractivity contribution in [1.82, 2.24) is 4.98 Å². The SMILES string of the molecule is CCCCC(=O)c1c[nH]c2c(Cl)cccc12. The van der Waals surface area contributed by atoms with E-state index in [4.69, 9.17) is 11.6 Å². The number of unbranched alkanes of at least 4 members (excludes halogenated alkanes) is 1. The molecule has 0 bridgehead atoms. The van der Waals surface area contributed by atoms with Gasteiger partial charge in [0.05, 0.1) is 10.5 Å². The largest absolute Gasteiger partial charge is 0.359 e. The molecule has 0 amide bonds. The highest BCUT2D eigenvalue weighted by Crippen LogP contribution is 2.26. The molecule has 0 aliphatic carbocycles. The molecule has 0 atom stereocenters. The number of rotatable bonds is 4. The lowest BCUT2D eigenvalue weighted by Crippen LogP contribution is -1.97. The van der Waals surface area contributed by atoms with Crippen LogP contribution in [0.15, 0.2) is 24.4 Å². The molecule has 1 N–H and O–H groups in total. The Morgan fingerprint density at radius 2 is 2.25 bits per heavy atom. The lowest BCUT2D eigenvalue weighted by Gasteiger charge is -1.98. The molecule has 84 valence electrons. The van der Waals surface area contributed by atoms with E-state index in [0.29, 0.717) is 11.4 Å². The minimum absolute atomic E-state index is 0.190. The number of aromatic amines is 1. The Morgan fingerprint density at radius 1 is 1.44 bits per heavy atom. The molecule has 0 saturated carbocycles. The summed E-state index contributed by atoms with van der Waals surface area (Å²) < 4.78 is 0. The number of carbonyl (C=O) groups is 1. The van der Waals surface area contributed by atoms with E-state index in [0.717, 1.165) is 29.3 Å². The predicted octanol–water partition coefficient (Wildman–Crippen LogP) is 4.19. The number of ketones is 1. The van der Waals surface area contributed by atoms with Crippen LogP contribution >= 0.6 is 11.6 Å². The number of benzene rings is 1. The first-order chi connectivity index (χ1) is 7.74. The van der Waals surface area contributed by atoms with Gasteiger partial charge >= 0.3 is 0 Å². The van der Waals surface area contributed by atoms with Crippen LogP contribution in [0, 0.1) is 0 Å². The van der Waals surface area contributed by atoms with E-state index in [2.05, 4.69) is 11.9 Å². The molecule has 2 nitrogen and oxygen atoms in total. The van der Waals surface area contributed by atoms with E-state index in [-0.39, 0.29) is 5.78 Å². The van der Waals surface area contributed by atoms with Crippen LogP contribution in [0.25, 0.3) is 10.9 Å². The zero-order chi connectivity index (χ0) is 11.5. The Morgan fingerprint density at radius 3 is 3.00 bits per heavy atom. The smallest absolute Gasteiger partial charge is 0.165 e. The third-order valence-corrected chi connectivity index (χ3v) is 3.04. The number of Topliss-reactive ketones (excluding diaryl/α,β-unsaturated/α-hetero) is 1. The maximum atomic E-state index is 11.9. The Bertz CT molecular complexity index is 516. The van der Waals surface area contributed by atoms with E-state index in [1.54, 1.807) is 6.20 Å². The highest BCUT2D eigenvalue weighted by atomic mass is 35.5. The first kappa shape index (κ1) is 11.2. The number of carbonyl (C=O) groups excluding carboxylic acids is 1. The van der Waals surface area contributed by atoms with Gasteiger partial charge in [-0.05, 0) is 12.5 Å². The minimum Gasteiger partial charge on any atom is -0.359 e. The van der Waals surface area contributed by atoms with E-state index < -0.39 is 0 Å². The van der Waals surface area contributed by atoms with Gasteiger partial charge in [0.15, 0.2) is 5.78 Å². The maximum Gasteiger partial charge on any atom is 0.165 e. The fraction of sp³-hybridized carbons (Fsp3) is 0.308. The van der Waals surface area contributed by atoms with Gasteiger partial charge in [-0.15, -0.1) is 0 Å². The standard InChI is InChI=1S/C13H14ClNO/c1-2-3-7-12(16)10-8-15-13-9(10)5-4-6-11(13)14/h4-6,8,15H,2-3,7H2,1H3. The Kier molecular flexibility index (Phi) is 3.30. The minimum atomic E-state index is 0.190. The van der Waals surface area contributed by atoms with E-state index >= 15 is 0 Å². The molecule has 0 unspecified atom stereocenters. The number of nitrogens with one attached hydrogen (secondary N) is 1. The van der Waals surface area contributed by atoms with Gasteiger partial charge in [0.2, 0.25) is 0 Å². The average molecular weight is 236 g/mol. The molecule has 1 aromatic heterocycles. The number of hydrogen-bond donors (Lipinski definition) is 1. The fourth-order valence-corrected chi connectivity index (χ4v) is 2.05. The molecule has 16 heavy (non-hydrogen) atoms. The molecular weight excluding hydrogens is 222 g/mol. The van der Waals surface area contributed by atoms with Crippen molar-refractivity contribution in [1.29, 1.82) is 0 Å². The van der Waals surface area contributed by atoms with Crippen molar-refractivity contribution >= 4 is 28.3 Å². The van der Waals surface area contributed by atoms with Crippen LogP contribution in [-0.2, 0) is 0 Å². The number of para-hydroxylation sites is 1. The molecule has 1 heterocycles. The van der Waals surface area contributed by atoms with E-state index in [1.165, 1.54) is 0 Å².